The van der Waals surface area contributed by atoms with Crippen LogP contribution in [0.4, 0.5) is 10.2 Å². The number of rotatable bonds is 7. The van der Waals surface area contributed by atoms with Gasteiger partial charge in [-0.1, -0.05) is 12.1 Å². The number of hydrogen-bond acceptors (Lipinski definition) is 6. The van der Waals surface area contributed by atoms with Gasteiger partial charge in [-0.3, -0.25) is 9.78 Å². The quantitative estimate of drug-likeness (QED) is 0.374. The second kappa shape index (κ2) is 8.73. The first kappa shape index (κ1) is 19.0. The van der Waals surface area contributed by atoms with E-state index >= 15 is 0 Å². The van der Waals surface area contributed by atoms with Gasteiger partial charge < -0.3 is 5.32 Å². The third-order valence-corrected chi connectivity index (χ3v) is 4.76. The van der Waals surface area contributed by atoms with Crippen molar-refractivity contribution in [3.05, 3.63) is 65.7 Å². The van der Waals surface area contributed by atoms with Gasteiger partial charge in [-0.2, -0.15) is 0 Å². The maximum absolute atomic E-state index is 13.0. The summed E-state index contributed by atoms with van der Waals surface area (Å²) in [5.74, 6) is 0.716. The molecule has 3 rings (SSSR count). The third kappa shape index (κ3) is 4.49. The Morgan fingerprint density at radius 1 is 1.11 bits per heavy atom. The fraction of sp³-hybridized carbons (Fsp3) is 0.200. The van der Waals surface area contributed by atoms with Crippen LogP contribution in [0.3, 0.4) is 0 Å². The topological polar surface area (TPSA) is 67.8 Å². The van der Waals surface area contributed by atoms with Crippen molar-refractivity contribution in [2.24, 2.45) is 0 Å². The number of ketones is 1. The smallest absolute Gasteiger partial charge is 0.169 e. The molecule has 0 bridgehead atoms. The molecule has 138 valence electrons. The number of benzene rings is 1. The molecule has 1 aromatic carbocycles. The van der Waals surface area contributed by atoms with Crippen LogP contribution < -0.4 is 5.32 Å². The molecule has 0 saturated heterocycles. The number of aryl methyl sites for hydroxylation is 1. The van der Waals surface area contributed by atoms with Gasteiger partial charge in [-0.25, -0.2) is 14.4 Å². The SMILES string of the molecule is CNc1nc(-c2ccncc2)nc(SC)c1C(=O)CCc1ccc(F)cc1. The van der Waals surface area contributed by atoms with E-state index in [1.165, 1.54) is 23.9 Å². The largest absolute Gasteiger partial charge is 0.372 e. The average molecular weight is 382 g/mol. The van der Waals surface area contributed by atoms with Crippen LogP contribution >= 0.6 is 11.8 Å². The number of nitrogens with one attached hydrogen (secondary N) is 1. The van der Waals surface area contributed by atoms with Crippen molar-refractivity contribution in [1.29, 1.82) is 0 Å². The average Bonchev–Trinajstić information content (AvgIpc) is 2.72. The highest BCUT2D eigenvalue weighted by molar-refractivity contribution is 7.98. The molecule has 0 aliphatic rings. The van der Waals surface area contributed by atoms with E-state index in [2.05, 4.69) is 20.3 Å². The molecule has 7 heteroatoms. The van der Waals surface area contributed by atoms with Crippen molar-refractivity contribution in [3.8, 4) is 11.4 Å². The Morgan fingerprint density at radius 3 is 2.44 bits per heavy atom. The van der Waals surface area contributed by atoms with Crippen molar-refractivity contribution in [2.45, 2.75) is 17.9 Å². The first-order valence-electron chi connectivity index (χ1n) is 8.44. The molecular formula is C20H19FN4OS. The number of nitrogens with zero attached hydrogens (tertiary/aromatic N) is 3. The Hall–Kier alpha value is -2.80. The van der Waals surface area contributed by atoms with E-state index in [0.29, 0.717) is 35.1 Å². The Balaban J connectivity index is 1.89. The van der Waals surface area contributed by atoms with Gasteiger partial charge >= 0.3 is 0 Å². The van der Waals surface area contributed by atoms with E-state index in [9.17, 15) is 9.18 Å². The standard InChI is InChI=1S/C20H19FN4OS/c1-22-19-17(16(26)8-5-13-3-6-15(21)7-4-13)20(27-2)25-18(24-19)14-9-11-23-12-10-14/h3-4,6-7,9-12H,5,8H2,1-2H3,(H,22,24,25). The highest BCUT2D eigenvalue weighted by atomic mass is 32.2. The molecule has 2 heterocycles. The monoisotopic (exact) mass is 382 g/mol. The zero-order chi connectivity index (χ0) is 19.2. The number of hydrogen-bond donors (Lipinski definition) is 1. The predicted molar refractivity (Wildman–Crippen MR) is 106 cm³/mol. The summed E-state index contributed by atoms with van der Waals surface area (Å²) in [6.45, 7) is 0. The molecule has 2 aromatic heterocycles. The number of anilines is 1. The predicted octanol–water partition coefficient (Wildman–Crippen LogP) is 4.26. The van der Waals surface area contributed by atoms with Crippen molar-refractivity contribution >= 4 is 23.4 Å². The summed E-state index contributed by atoms with van der Waals surface area (Å²) in [7, 11) is 1.74. The van der Waals surface area contributed by atoms with Gasteiger partial charge in [0.1, 0.15) is 16.7 Å². The molecule has 0 aliphatic heterocycles. The van der Waals surface area contributed by atoms with Crippen molar-refractivity contribution in [1.82, 2.24) is 15.0 Å². The normalized spacial score (nSPS) is 10.6. The molecule has 0 amide bonds. The van der Waals surface area contributed by atoms with E-state index in [4.69, 9.17) is 0 Å². The second-order valence-electron chi connectivity index (χ2n) is 5.82. The summed E-state index contributed by atoms with van der Waals surface area (Å²) in [5, 5.41) is 3.65. The number of aromatic nitrogens is 3. The van der Waals surface area contributed by atoms with E-state index in [1.807, 2.05) is 18.4 Å². The third-order valence-electron chi connectivity index (χ3n) is 4.08. The lowest BCUT2D eigenvalue weighted by Gasteiger charge is -2.13. The molecule has 0 unspecified atom stereocenters. The Morgan fingerprint density at radius 2 is 1.81 bits per heavy atom. The second-order valence-corrected chi connectivity index (χ2v) is 6.61. The minimum absolute atomic E-state index is 0.0469. The van der Waals surface area contributed by atoms with Gasteiger partial charge in [-0.05, 0) is 42.5 Å². The van der Waals surface area contributed by atoms with E-state index in [0.717, 1.165) is 11.1 Å². The fourth-order valence-electron chi connectivity index (χ4n) is 2.68. The molecule has 0 aliphatic carbocycles. The number of thioether (sulfide) groups is 1. The van der Waals surface area contributed by atoms with Crippen LogP contribution in [0.15, 0.2) is 53.8 Å². The van der Waals surface area contributed by atoms with Gasteiger partial charge in [0.25, 0.3) is 0 Å². The maximum Gasteiger partial charge on any atom is 0.169 e. The first-order valence-corrected chi connectivity index (χ1v) is 9.66. The minimum Gasteiger partial charge on any atom is -0.372 e. The lowest BCUT2D eigenvalue weighted by Crippen LogP contribution is -2.11. The summed E-state index contributed by atoms with van der Waals surface area (Å²) < 4.78 is 13.0. The summed E-state index contributed by atoms with van der Waals surface area (Å²) in [4.78, 5) is 26.0. The van der Waals surface area contributed by atoms with Gasteiger partial charge in [0, 0.05) is 31.4 Å². The summed E-state index contributed by atoms with van der Waals surface area (Å²) in [6.07, 6.45) is 6.07. The van der Waals surface area contributed by atoms with Crippen LogP contribution in [0.2, 0.25) is 0 Å². The molecule has 0 spiro atoms. The molecule has 0 atom stereocenters. The molecule has 0 fully saturated rings. The highest BCUT2D eigenvalue weighted by Crippen LogP contribution is 2.29. The lowest BCUT2D eigenvalue weighted by atomic mass is 10.0. The van der Waals surface area contributed by atoms with Crippen molar-refractivity contribution in [2.75, 3.05) is 18.6 Å². The fourth-order valence-corrected chi connectivity index (χ4v) is 3.28. The Bertz CT molecular complexity index is 907. The van der Waals surface area contributed by atoms with Crippen molar-refractivity contribution < 1.29 is 9.18 Å². The Kier molecular flexibility index (Phi) is 6.13. The zero-order valence-corrected chi connectivity index (χ0v) is 15.9. The first-order chi connectivity index (χ1) is 13.1. The van der Waals surface area contributed by atoms with Gasteiger partial charge in [0.2, 0.25) is 0 Å². The number of carbonyl (C=O) groups is 1. The molecule has 27 heavy (non-hydrogen) atoms. The number of Topliss-reactive ketones (excluding diaryl/α,β-unsaturated/α-hetero) is 1. The van der Waals surface area contributed by atoms with Crippen LogP contribution in [-0.4, -0.2) is 34.0 Å². The van der Waals surface area contributed by atoms with Crippen LogP contribution in [0.25, 0.3) is 11.4 Å². The van der Waals surface area contributed by atoms with Crippen LogP contribution in [0.1, 0.15) is 22.3 Å². The highest BCUT2D eigenvalue weighted by Gasteiger charge is 2.20. The van der Waals surface area contributed by atoms with E-state index in [-0.39, 0.29) is 11.6 Å². The number of carbonyl (C=O) groups excluding carboxylic acids is 1. The Labute approximate surface area is 161 Å². The molecule has 1 N–H and O–H groups in total. The van der Waals surface area contributed by atoms with Crippen molar-refractivity contribution in [3.63, 3.8) is 0 Å². The van der Waals surface area contributed by atoms with Crippen LogP contribution in [-0.2, 0) is 6.42 Å². The molecule has 0 saturated carbocycles. The van der Waals surface area contributed by atoms with E-state index < -0.39 is 0 Å². The molecular weight excluding hydrogens is 363 g/mol. The van der Waals surface area contributed by atoms with E-state index in [1.54, 1.807) is 31.6 Å². The molecule has 0 radical (unpaired) electrons. The number of halogens is 1. The summed E-state index contributed by atoms with van der Waals surface area (Å²) in [5.41, 5.74) is 2.24. The van der Waals surface area contributed by atoms with Crippen LogP contribution in [0.5, 0.6) is 0 Å². The molecule has 3 aromatic rings. The number of pyridine rings is 1. The minimum atomic E-state index is -0.285. The summed E-state index contributed by atoms with van der Waals surface area (Å²) in [6, 6.07) is 9.85. The van der Waals surface area contributed by atoms with Gasteiger partial charge in [0.15, 0.2) is 11.6 Å². The van der Waals surface area contributed by atoms with Crippen LogP contribution in [0, 0.1) is 5.82 Å². The van der Waals surface area contributed by atoms with Gasteiger partial charge in [-0.15, -0.1) is 11.8 Å². The lowest BCUT2D eigenvalue weighted by molar-refractivity contribution is 0.0980. The van der Waals surface area contributed by atoms with Gasteiger partial charge in [0.05, 0.1) is 5.56 Å². The zero-order valence-electron chi connectivity index (χ0n) is 15.1. The molecule has 5 nitrogen and oxygen atoms in total. The maximum atomic E-state index is 13.0. The summed E-state index contributed by atoms with van der Waals surface area (Å²) >= 11 is 1.41.